The van der Waals surface area contributed by atoms with Crippen LogP contribution in [-0.2, 0) is 13.0 Å². The highest BCUT2D eigenvalue weighted by Crippen LogP contribution is 2.30. The number of rotatable bonds is 4. The highest BCUT2D eigenvalue weighted by atomic mass is 19.2. The third-order valence-electron chi connectivity index (χ3n) is 4.47. The van der Waals surface area contributed by atoms with E-state index in [9.17, 15) is 8.78 Å². The Morgan fingerprint density at radius 1 is 1.19 bits per heavy atom. The molecule has 27 heavy (non-hydrogen) atoms. The van der Waals surface area contributed by atoms with Crippen LogP contribution in [0.4, 0.5) is 14.5 Å². The van der Waals surface area contributed by atoms with Gasteiger partial charge in [0.15, 0.2) is 17.4 Å². The fourth-order valence-corrected chi connectivity index (χ4v) is 3.15. The van der Waals surface area contributed by atoms with Crippen molar-refractivity contribution in [3.63, 3.8) is 0 Å². The molecule has 138 valence electrons. The van der Waals surface area contributed by atoms with E-state index in [-0.39, 0.29) is 12.4 Å². The average Bonchev–Trinajstić information content (AvgIpc) is 2.71. The van der Waals surface area contributed by atoms with Crippen molar-refractivity contribution in [1.82, 2.24) is 15.0 Å². The van der Waals surface area contributed by atoms with Crippen molar-refractivity contribution < 1.29 is 13.5 Å². The Labute approximate surface area is 155 Å². The summed E-state index contributed by atoms with van der Waals surface area (Å²) < 4.78 is 33.0. The zero-order chi connectivity index (χ0) is 18.8. The van der Waals surface area contributed by atoms with Crippen LogP contribution in [0, 0.1) is 11.6 Å². The summed E-state index contributed by atoms with van der Waals surface area (Å²) in [5.74, 6) is -1.35. The van der Waals surface area contributed by atoms with E-state index in [1.54, 1.807) is 19.3 Å². The van der Waals surface area contributed by atoms with Crippen molar-refractivity contribution in [2.24, 2.45) is 0 Å². The Bertz CT molecular complexity index is 966. The number of fused-ring (bicyclic) bond motifs is 1. The van der Waals surface area contributed by atoms with Gasteiger partial charge < -0.3 is 9.64 Å². The standard InChI is InChI=1S/C20H18F2N4O/c1-2-27-18-10-14(9-15(21)19(18)22)26-8-6-16-13(12-26)11-24-20(25-16)17-5-3-4-7-23-17/h3-5,7,9-11H,2,6,8,12H2,1H3. The molecule has 0 saturated heterocycles. The molecular formula is C20H18F2N4O. The smallest absolute Gasteiger partial charge is 0.200 e. The lowest BCUT2D eigenvalue weighted by molar-refractivity contribution is 0.314. The molecule has 3 heterocycles. The van der Waals surface area contributed by atoms with Gasteiger partial charge in [-0.15, -0.1) is 0 Å². The van der Waals surface area contributed by atoms with E-state index >= 15 is 0 Å². The molecule has 0 unspecified atom stereocenters. The molecule has 0 N–H and O–H groups in total. The van der Waals surface area contributed by atoms with Gasteiger partial charge in [-0.3, -0.25) is 4.98 Å². The molecule has 0 bridgehead atoms. The first-order valence-corrected chi connectivity index (χ1v) is 8.78. The molecule has 0 aliphatic carbocycles. The minimum atomic E-state index is -0.957. The number of pyridine rings is 1. The van der Waals surface area contributed by atoms with Crippen LogP contribution < -0.4 is 9.64 Å². The van der Waals surface area contributed by atoms with E-state index < -0.39 is 11.6 Å². The molecule has 0 radical (unpaired) electrons. The zero-order valence-corrected chi connectivity index (χ0v) is 14.8. The molecule has 4 rings (SSSR count). The van der Waals surface area contributed by atoms with E-state index in [1.807, 2.05) is 23.1 Å². The van der Waals surface area contributed by atoms with Crippen molar-refractivity contribution in [2.45, 2.75) is 19.9 Å². The molecule has 0 spiro atoms. The average molecular weight is 368 g/mol. The quantitative estimate of drug-likeness (QED) is 0.702. The Kier molecular flexibility index (Phi) is 4.66. The molecule has 7 heteroatoms. The Balaban J connectivity index is 1.60. The summed E-state index contributed by atoms with van der Waals surface area (Å²) in [7, 11) is 0. The van der Waals surface area contributed by atoms with Crippen LogP contribution in [0.2, 0.25) is 0 Å². The molecule has 1 aliphatic rings. The van der Waals surface area contributed by atoms with Gasteiger partial charge in [0, 0.05) is 55.3 Å². The molecule has 1 aromatic carbocycles. The Morgan fingerprint density at radius 2 is 2.07 bits per heavy atom. The van der Waals surface area contributed by atoms with Crippen LogP contribution in [0.1, 0.15) is 18.2 Å². The monoisotopic (exact) mass is 368 g/mol. The van der Waals surface area contributed by atoms with E-state index in [1.165, 1.54) is 12.1 Å². The lowest BCUT2D eigenvalue weighted by atomic mass is 10.1. The third-order valence-corrected chi connectivity index (χ3v) is 4.47. The predicted molar refractivity (Wildman–Crippen MR) is 97.5 cm³/mol. The SMILES string of the molecule is CCOc1cc(N2CCc3nc(-c4ccccn4)ncc3C2)cc(F)c1F. The number of nitrogens with zero attached hydrogens (tertiary/aromatic N) is 4. The van der Waals surface area contributed by atoms with Gasteiger partial charge in [0.25, 0.3) is 0 Å². The second kappa shape index (κ2) is 7.26. The maximum absolute atomic E-state index is 13.9. The van der Waals surface area contributed by atoms with Crippen molar-refractivity contribution >= 4 is 5.69 Å². The number of halogens is 2. The van der Waals surface area contributed by atoms with E-state index in [2.05, 4.69) is 15.0 Å². The van der Waals surface area contributed by atoms with Crippen LogP contribution in [0.25, 0.3) is 11.5 Å². The third kappa shape index (κ3) is 3.45. The van der Waals surface area contributed by atoms with Crippen molar-refractivity contribution in [1.29, 1.82) is 0 Å². The second-order valence-electron chi connectivity index (χ2n) is 6.22. The maximum atomic E-state index is 13.9. The van der Waals surface area contributed by atoms with Crippen molar-refractivity contribution in [2.75, 3.05) is 18.1 Å². The van der Waals surface area contributed by atoms with Crippen LogP contribution in [-0.4, -0.2) is 28.1 Å². The highest BCUT2D eigenvalue weighted by molar-refractivity contribution is 5.54. The van der Waals surface area contributed by atoms with Gasteiger partial charge in [-0.2, -0.15) is 4.39 Å². The normalized spacial score (nSPS) is 13.4. The Morgan fingerprint density at radius 3 is 2.85 bits per heavy atom. The Hall–Kier alpha value is -3.09. The minimum absolute atomic E-state index is 0.0694. The molecular weight excluding hydrogens is 350 g/mol. The number of hydrogen-bond donors (Lipinski definition) is 0. The van der Waals surface area contributed by atoms with Crippen LogP contribution in [0.5, 0.6) is 5.75 Å². The first kappa shape index (κ1) is 17.3. The summed E-state index contributed by atoms with van der Waals surface area (Å²) in [5.41, 5.74) is 3.22. The zero-order valence-electron chi connectivity index (χ0n) is 14.8. The maximum Gasteiger partial charge on any atom is 0.200 e. The lowest BCUT2D eigenvalue weighted by Crippen LogP contribution is -2.31. The molecule has 0 fully saturated rings. The molecule has 0 amide bonds. The van der Waals surface area contributed by atoms with Gasteiger partial charge in [-0.25, -0.2) is 14.4 Å². The summed E-state index contributed by atoms with van der Waals surface area (Å²) in [6, 6.07) is 8.35. The van der Waals surface area contributed by atoms with E-state index in [0.717, 1.165) is 17.0 Å². The van der Waals surface area contributed by atoms with Gasteiger partial charge in [0.1, 0.15) is 5.69 Å². The fraction of sp³-hybridized carbons (Fsp3) is 0.250. The number of hydrogen-bond acceptors (Lipinski definition) is 5. The van der Waals surface area contributed by atoms with Crippen molar-refractivity contribution in [3.8, 4) is 17.3 Å². The summed E-state index contributed by atoms with van der Waals surface area (Å²) in [6.45, 7) is 3.17. The number of anilines is 1. The van der Waals surface area contributed by atoms with Crippen LogP contribution >= 0.6 is 0 Å². The summed E-state index contributed by atoms with van der Waals surface area (Å²) in [4.78, 5) is 15.3. The van der Waals surface area contributed by atoms with Crippen LogP contribution in [0.15, 0.2) is 42.7 Å². The van der Waals surface area contributed by atoms with E-state index in [4.69, 9.17) is 4.74 Å². The topological polar surface area (TPSA) is 51.1 Å². The first-order valence-electron chi connectivity index (χ1n) is 8.78. The summed E-state index contributed by atoms with van der Waals surface area (Å²) >= 11 is 0. The molecule has 5 nitrogen and oxygen atoms in total. The highest BCUT2D eigenvalue weighted by Gasteiger charge is 2.22. The van der Waals surface area contributed by atoms with Gasteiger partial charge >= 0.3 is 0 Å². The number of benzene rings is 1. The fourth-order valence-electron chi connectivity index (χ4n) is 3.15. The van der Waals surface area contributed by atoms with E-state index in [0.29, 0.717) is 31.0 Å². The summed E-state index contributed by atoms with van der Waals surface area (Å²) in [5, 5.41) is 0. The number of aromatic nitrogens is 3. The largest absolute Gasteiger partial charge is 0.491 e. The van der Waals surface area contributed by atoms with Gasteiger partial charge in [0.2, 0.25) is 5.82 Å². The molecule has 1 aliphatic heterocycles. The number of ether oxygens (including phenoxy) is 1. The van der Waals surface area contributed by atoms with Crippen LogP contribution in [0.3, 0.4) is 0 Å². The predicted octanol–water partition coefficient (Wildman–Crippen LogP) is 3.78. The molecule has 0 saturated carbocycles. The summed E-state index contributed by atoms with van der Waals surface area (Å²) in [6.07, 6.45) is 4.17. The first-order chi connectivity index (χ1) is 13.2. The minimum Gasteiger partial charge on any atom is -0.491 e. The molecule has 2 aromatic heterocycles. The molecule has 3 aromatic rings. The van der Waals surface area contributed by atoms with Gasteiger partial charge in [-0.1, -0.05) is 6.07 Å². The van der Waals surface area contributed by atoms with Gasteiger partial charge in [0.05, 0.1) is 12.3 Å². The van der Waals surface area contributed by atoms with Gasteiger partial charge in [-0.05, 0) is 19.1 Å². The lowest BCUT2D eigenvalue weighted by Gasteiger charge is -2.30. The van der Waals surface area contributed by atoms with Crippen molar-refractivity contribution in [3.05, 3.63) is 65.6 Å². The molecule has 0 atom stereocenters. The second-order valence-corrected chi connectivity index (χ2v) is 6.22.